The number of aliphatic carboxylic acids is 1. The van der Waals surface area contributed by atoms with E-state index in [1.54, 1.807) is 0 Å². The fourth-order valence-electron chi connectivity index (χ4n) is 3.57. The maximum absolute atomic E-state index is 11.5. The van der Waals surface area contributed by atoms with E-state index < -0.39 is 5.97 Å². The SMILES string of the molecule is CCN(C(C)C)C1CC(C(C)(C)C)CCC1C(=O)O. The van der Waals surface area contributed by atoms with Crippen LogP contribution in [0.15, 0.2) is 0 Å². The quantitative estimate of drug-likeness (QED) is 0.847. The largest absolute Gasteiger partial charge is 0.481 e. The lowest BCUT2D eigenvalue weighted by atomic mass is 9.67. The number of rotatable bonds is 4. The van der Waals surface area contributed by atoms with E-state index in [1.807, 2.05) is 0 Å². The first-order chi connectivity index (χ1) is 8.68. The highest BCUT2D eigenvalue weighted by atomic mass is 16.4. The van der Waals surface area contributed by atoms with E-state index in [0.717, 1.165) is 25.8 Å². The van der Waals surface area contributed by atoms with Crippen molar-refractivity contribution in [1.82, 2.24) is 4.90 Å². The molecule has 19 heavy (non-hydrogen) atoms. The smallest absolute Gasteiger partial charge is 0.308 e. The van der Waals surface area contributed by atoms with Crippen molar-refractivity contribution in [2.75, 3.05) is 6.54 Å². The average Bonchev–Trinajstić information content (AvgIpc) is 2.27. The van der Waals surface area contributed by atoms with Crippen molar-refractivity contribution < 1.29 is 9.90 Å². The van der Waals surface area contributed by atoms with Crippen LogP contribution in [0, 0.1) is 17.3 Å². The number of carboxylic acid groups (broad SMARTS) is 1. The van der Waals surface area contributed by atoms with Gasteiger partial charge in [0, 0.05) is 12.1 Å². The standard InChI is InChI=1S/C16H31NO2/c1-7-17(11(2)3)14-10-12(16(4,5)6)8-9-13(14)15(18)19/h11-14H,7-10H2,1-6H3,(H,18,19). The summed E-state index contributed by atoms with van der Waals surface area (Å²) < 4.78 is 0. The van der Waals surface area contributed by atoms with Gasteiger partial charge in [-0.15, -0.1) is 0 Å². The Bertz CT molecular complexity index is 306. The highest BCUT2D eigenvalue weighted by Gasteiger charge is 2.41. The van der Waals surface area contributed by atoms with Crippen molar-refractivity contribution in [3.63, 3.8) is 0 Å². The molecule has 0 amide bonds. The molecule has 112 valence electrons. The van der Waals surface area contributed by atoms with E-state index in [1.165, 1.54) is 0 Å². The molecule has 1 N–H and O–H groups in total. The minimum absolute atomic E-state index is 0.194. The minimum Gasteiger partial charge on any atom is -0.481 e. The first-order valence-electron chi connectivity index (χ1n) is 7.67. The molecule has 0 radical (unpaired) electrons. The monoisotopic (exact) mass is 269 g/mol. The molecule has 0 aromatic carbocycles. The Morgan fingerprint density at radius 1 is 1.32 bits per heavy atom. The lowest BCUT2D eigenvalue weighted by molar-refractivity contribution is -0.147. The molecule has 1 fully saturated rings. The molecular formula is C16H31NO2. The van der Waals surface area contributed by atoms with Gasteiger partial charge < -0.3 is 5.11 Å². The number of nitrogens with zero attached hydrogens (tertiary/aromatic N) is 1. The molecule has 1 rings (SSSR count). The Labute approximate surface area is 118 Å². The molecule has 0 spiro atoms. The zero-order valence-electron chi connectivity index (χ0n) is 13.4. The molecule has 3 atom stereocenters. The third-order valence-electron chi connectivity index (χ3n) is 4.81. The van der Waals surface area contributed by atoms with Gasteiger partial charge in [0.25, 0.3) is 0 Å². The fraction of sp³-hybridized carbons (Fsp3) is 0.938. The lowest BCUT2D eigenvalue weighted by Gasteiger charge is -2.46. The highest BCUT2D eigenvalue weighted by molar-refractivity contribution is 5.71. The Kier molecular flexibility index (Phi) is 5.43. The first kappa shape index (κ1) is 16.5. The van der Waals surface area contributed by atoms with Gasteiger partial charge in [-0.1, -0.05) is 27.7 Å². The van der Waals surface area contributed by atoms with Gasteiger partial charge in [-0.25, -0.2) is 0 Å². The van der Waals surface area contributed by atoms with Gasteiger partial charge in [0.05, 0.1) is 5.92 Å². The predicted octanol–water partition coefficient (Wildman–Crippen LogP) is 3.63. The van der Waals surface area contributed by atoms with Gasteiger partial charge in [-0.05, 0) is 51.0 Å². The summed E-state index contributed by atoms with van der Waals surface area (Å²) in [5, 5.41) is 9.50. The van der Waals surface area contributed by atoms with Crippen molar-refractivity contribution in [2.45, 2.75) is 72.9 Å². The van der Waals surface area contributed by atoms with E-state index in [9.17, 15) is 9.90 Å². The van der Waals surface area contributed by atoms with Crippen LogP contribution < -0.4 is 0 Å². The van der Waals surface area contributed by atoms with E-state index in [2.05, 4.69) is 46.4 Å². The number of hydrogen-bond donors (Lipinski definition) is 1. The Morgan fingerprint density at radius 3 is 2.26 bits per heavy atom. The number of hydrogen-bond acceptors (Lipinski definition) is 2. The molecule has 0 aliphatic heterocycles. The van der Waals surface area contributed by atoms with Gasteiger partial charge in [-0.3, -0.25) is 9.69 Å². The summed E-state index contributed by atoms with van der Waals surface area (Å²) in [4.78, 5) is 13.9. The minimum atomic E-state index is -0.614. The van der Waals surface area contributed by atoms with Gasteiger partial charge in [0.1, 0.15) is 0 Å². The summed E-state index contributed by atoms with van der Waals surface area (Å²) in [6.07, 6.45) is 2.89. The maximum Gasteiger partial charge on any atom is 0.308 e. The highest BCUT2D eigenvalue weighted by Crippen LogP contribution is 2.42. The molecular weight excluding hydrogens is 238 g/mol. The molecule has 0 aromatic rings. The molecule has 3 unspecified atom stereocenters. The zero-order valence-corrected chi connectivity index (χ0v) is 13.4. The summed E-state index contributed by atoms with van der Waals surface area (Å²) in [6, 6.07) is 0.607. The van der Waals surface area contributed by atoms with Crippen LogP contribution in [0.1, 0.15) is 60.8 Å². The number of carbonyl (C=O) groups is 1. The van der Waals surface area contributed by atoms with Gasteiger partial charge >= 0.3 is 5.97 Å². The predicted molar refractivity (Wildman–Crippen MR) is 79.2 cm³/mol. The summed E-state index contributed by atoms with van der Waals surface area (Å²) in [7, 11) is 0. The maximum atomic E-state index is 11.5. The second kappa shape index (κ2) is 6.25. The van der Waals surface area contributed by atoms with Crippen molar-refractivity contribution in [3.8, 4) is 0 Å². The van der Waals surface area contributed by atoms with E-state index in [4.69, 9.17) is 0 Å². The van der Waals surface area contributed by atoms with E-state index in [-0.39, 0.29) is 17.4 Å². The van der Waals surface area contributed by atoms with Crippen molar-refractivity contribution >= 4 is 5.97 Å². The van der Waals surface area contributed by atoms with Crippen LogP contribution >= 0.6 is 0 Å². The molecule has 1 saturated carbocycles. The molecule has 3 nitrogen and oxygen atoms in total. The first-order valence-corrected chi connectivity index (χ1v) is 7.67. The topological polar surface area (TPSA) is 40.5 Å². The summed E-state index contributed by atoms with van der Waals surface area (Å²) in [5.74, 6) is -0.182. The molecule has 0 saturated heterocycles. The van der Waals surface area contributed by atoms with Crippen LogP contribution in [0.3, 0.4) is 0 Å². The molecule has 1 aliphatic carbocycles. The zero-order chi connectivity index (χ0) is 14.8. The third-order valence-corrected chi connectivity index (χ3v) is 4.81. The second-order valence-electron chi connectivity index (χ2n) is 7.31. The fourth-order valence-corrected chi connectivity index (χ4v) is 3.57. The third kappa shape index (κ3) is 3.95. The van der Waals surface area contributed by atoms with Crippen LogP contribution in [0.2, 0.25) is 0 Å². The Hall–Kier alpha value is -0.570. The molecule has 3 heteroatoms. The summed E-state index contributed by atoms with van der Waals surface area (Å²) in [5.41, 5.74) is 0.276. The van der Waals surface area contributed by atoms with Gasteiger partial charge in [0.2, 0.25) is 0 Å². The molecule has 0 bridgehead atoms. The van der Waals surface area contributed by atoms with Crippen LogP contribution in [0.25, 0.3) is 0 Å². The second-order valence-corrected chi connectivity index (χ2v) is 7.31. The van der Waals surface area contributed by atoms with Gasteiger partial charge in [0.15, 0.2) is 0 Å². The van der Waals surface area contributed by atoms with Crippen molar-refractivity contribution in [1.29, 1.82) is 0 Å². The number of carboxylic acids is 1. The lowest BCUT2D eigenvalue weighted by Crippen LogP contribution is -2.51. The normalized spacial score (nSPS) is 28.9. The van der Waals surface area contributed by atoms with E-state index >= 15 is 0 Å². The van der Waals surface area contributed by atoms with Crippen LogP contribution in [-0.2, 0) is 4.79 Å². The molecule has 1 aliphatic rings. The van der Waals surface area contributed by atoms with Crippen LogP contribution in [0.4, 0.5) is 0 Å². The van der Waals surface area contributed by atoms with Crippen LogP contribution in [0.5, 0.6) is 0 Å². The molecule has 0 aromatic heterocycles. The summed E-state index contributed by atoms with van der Waals surface area (Å²) in [6.45, 7) is 14.2. The Balaban J connectivity index is 2.93. The Morgan fingerprint density at radius 2 is 1.89 bits per heavy atom. The van der Waals surface area contributed by atoms with Gasteiger partial charge in [-0.2, -0.15) is 0 Å². The van der Waals surface area contributed by atoms with Crippen molar-refractivity contribution in [2.24, 2.45) is 17.3 Å². The summed E-state index contributed by atoms with van der Waals surface area (Å²) >= 11 is 0. The molecule has 0 heterocycles. The van der Waals surface area contributed by atoms with Crippen LogP contribution in [-0.4, -0.2) is 34.6 Å². The van der Waals surface area contributed by atoms with E-state index in [0.29, 0.717) is 12.0 Å². The average molecular weight is 269 g/mol. The van der Waals surface area contributed by atoms with Crippen molar-refractivity contribution in [3.05, 3.63) is 0 Å².